The Labute approximate surface area is 122 Å². The van der Waals surface area contributed by atoms with E-state index in [0.29, 0.717) is 16.7 Å². The Morgan fingerprint density at radius 1 is 1.25 bits per heavy atom. The summed E-state index contributed by atoms with van der Waals surface area (Å²) in [6.07, 6.45) is 1.15. The molecule has 1 heterocycles. The molecule has 0 fully saturated rings. The van der Waals surface area contributed by atoms with Crippen molar-refractivity contribution in [3.05, 3.63) is 47.0 Å². The Hall–Kier alpha value is -1.66. The fraction of sp³-hybridized carbons (Fsp3) is 0.231. The molecule has 1 aromatic heterocycles. The van der Waals surface area contributed by atoms with E-state index in [4.69, 9.17) is 16.3 Å². The van der Waals surface area contributed by atoms with Crippen LogP contribution in [0.25, 0.3) is 0 Å². The van der Waals surface area contributed by atoms with Crippen molar-refractivity contribution in [2.24, 2.45) is 0 Å². The first-order valence-corrected chi connectivity index (χ1v) is 8.04. The second-order valence-electron chi connectivity index (χ2n) is 4.28. The number of nitrogens with zero attached hydrogens (tertiary/aromatic N) is 2. The normalized spacial score (nSPS) is 11.3. The molecule has 106 valence electrons. The largest absolute Gasteiger partial charge is 0.486 e. The highest BCUT2D eigenvalue weighted by Crippen LogP contribution is 2.18. The third-order valence-electron chi connectivity index (χ3n) is 2.47. The molecule has 0 amide bonds. The van der Waals surface area contributed by atoms with Gasteiger partial charge < -0.3 is 4.74 Å². The fourth-order valence-electron chi connectivity index (χ4n) is 1.60. The first kappa shape index (κ1) is 14.7. The maximum absolute atomic E-state index is 11.5. The molecule has 0 aliphatic carbocycles. The molecule has 0 radical (unpaired) electrons. The first-order chi connectivity index (χ1) is 9.34. The molecule has 2 aromatic rings. The number of aromatic nitrogens is 2. The zero-order valence-electron chi connectivity index (χ0n) is 11.0. The Bertz CT molecular complexity index is 712. The number of hydrogen-bond acceptors (Lipinski definition) is 5. The second-order valence-corrected chi connectivity index (χ2v) is 6.69. The predicted molar refractivity (Wildman–Crippen MR) is 75.7 cm³/mol. The third kappa shape index (κ3) is 3.91. The van der Waals surface area contributed by atoms with Gasteiger partial charge in [0.25, 0.3) is 0 Å². The quantitative estimate of drug-likeness (QED) is 0.811. The summed E-state index contributed by atoms with van der Waals surface area (Å²) >= 11 is 5.83. The minimum atomic E-state index is -3.25. The standard InChI is InChI=1S/C13H13ClN2O3S/c1-9-6-12(14)16-13(15-9)8-19-10-4-3-5-11(7-10)20(2,17)18/h3-7H,8H2,1-2H3. The maximum Gasteiger partial charge on any atom is 0.175 e. The van der Waals surface area contributed by atoms with E-state index in [1.807, 2.05) is 0 Å². The number of sulfone groups is 1. The number of hydrogen-bond donors (Lipinski definition) is 0. The van der Waals surface area contributed by atoms with Crippen molar-refractivity contribution in [1.29, 1.82) is 0 Å². The van der Waals surface area contributed by atoms with Gasteiger partial charge in [0.1, 0.15) is 17.5 Å². The molecule has 1 aromatic carbocycles. The Kier molecular flexibility index (Phi) is 4.25. The van der Waals surface area contributed by atoms with Crippen LogP contribution in [-0.4, -0.2) is 24.6 Å². The zero-order valence-corrected chi connectivity index (χ0v) is 12.6. The summed E-state index contributed by atoms with van der Waals surface area (Å²) in [5, 5.41) is 0.348. The summed E-state index contributed by atoms with van der Waals surface area (Å²) < 4.78 is 28.4. The summed E-state index contributed by atoms with van der Waals surface area (Å²) in [5.41, 5.74) is 0.744. The highest BCUT2D eigenvalue weighted by molar-refractivity contribution is 7.90. The van der Waals surface area contributed by atoms with Crippen molar-refractivity contribution in [3.63, 3.8) is 0 Å². The van der Waals surface area contributed by atoms with E-state index in [-0.39, 0.29) is 11.5 Å². The summed E-state index contributed by atoms with van der Waals surface area (Å²) in [4.78, 5) is 8.42. The molecule has 5 nitrogen and oxygen atoms in total. The summed E-state index contributed by atoms with van der Waals surface area (Å²) in [5.74, 6) is 0.883. The number of ether oxygens (including phenoxy) is 1. The van der Waals surface area contributed by atoms with Gasteiger partial charge in [-0.25, -0.2) is 18.4 Å². The molecule has 0 spiro atoms. The molecule has 0 aliphatic heterocycles. The van der Waals surface area contributed by atoms with Gasteiger partial charge in [-0.3, -0.25) is 0 Å². The first-order valence-electron chi connectivity index (χ1n) is 5.77. The number of benzene rings is 1. The predicted octanol–water partition coefficient (Wildman–Crippen LogP) is 2.42. The van der Waals surface area contributed by atoms with Crippen LogP contribution in [0.4, 0.5) is 0 Å². The average Bonchev–Trinajstić information content (AvgIpc) is 2.35. The minimum absolute atomic E-state index is 0.120. The van der Waals surface area contributed by atoms with E-state index in [2.05, 4.69) is 9.97 Å². The Balaban J connectivity index is 2.15. The van der Waals surface area contributed by atoms with Crippen LogP contribution in [0.2, 0.25) is 5.15 Å². The van der Waals surface area contributed by atoms with Crippen molar-refractivity contribution < 1.29 is 13.2 Å². The lowest BCUT2D eigenvalue weighted by molar-refractivity contribution is 0.294. The van der Waals surface area contributed by atoms with Gasteiger partial charge in [0, 0.05) is 11.9 Å². The lowest BCUT2D eigenvalue weighted by Crippen LogP contribution is -2.03. The van der Waals surface area contributed by atoms with Crippen LogP contribution in [0.5, 0.6) is 5.75 Å². The molecular formula is C13H13ClN2O3S. The van der Waals surface area contributed by atoms with Crippen molar-refractivity contribution in [2.45, 2.75) is 18.4 Å². The molecule has 0 saturated heterocycles. The van der Waals surface area contributed by atoms with E-state index in [9.17, 15) is 8.42 Å². The average molecular weight is 313 g/mol. The smallest absolute Gasteiger partial charge is 0.175 e. The molecule has 0 saturated carbocycles. The minimum Gasteiger partial charge on any atom is -0.486 e. The van der Waals surface area contributed by atoms with Gasteiger partial charge in [-0.15, -0.1) is 0 Å². The number of rotatable bonds is 4. The monoisotopic (exact) mass is 312 g/mol. The summed E-state index contributed by atoms with van der Waals surface area (Å²) in [6.45, 7) is 1.93. The Morgan fingerprint density at radius 2 is 2.00 bits per heavy atom. The number of halogens is 1. The third-order valence-corrected chi connectivity index (χ3v) is 3.77. The van der Waals surface area contributed by atoms with E-state index in [1.54, 1.807) is 25.1 Å². The highest BCUT2D eigenvalue weighted by Gasteiger charge is 2.08. The van der Waals surface area contributed by atoms with Crippen molar-refractivity contribution in [1.82, 2.24) is 9.97 Å². The van der Waals surface area contributed by atoms with Crippen LogP contribution in [0.15, 0.2) is 35.2 Å². The second kappa shape index (κ2) is 5.76. The van der Waals surface area contributed by atoms with Crippen LogP contribution in [0.3, 0.4) is 0 Å². The van der Waals surface area contributed by atoms with Gasteiger partial charge in [0.05, 0.1) is 4.90 Å². The van der Waals surface area contributed by atoms with E-state index in [1.165, 1.54) is 12.1 Å². The van der Waals surface area contributed by atoms with Crippen molar-refractivity contribution in [3.8, 4) is 5.75 Å². The van der Waals surface area contributed by atoms with Gasteiger partial charge >= 0.3 is 0 Å². The lowest BCUT2D eigenvalue weighted by Gasteiger charge is -2.07. The van der Waals surface area contributed by atoms with Crippen LogP contribution in [-0.2, 0) is 16.4 Å². The van der Waals surface area contributed by atoms with Crippen LogP contribution in [0.1, 0.15) is 11.5 Å². The van der Waals surface area contributed by atoms with Crippen LogP contribution < -0.4 is 4.74 Å². The van der Waals surface area contributed by atoms with Crippen molar-refractivity contribution >= 4 is 21.4 Å². The Morgan fingerprint density at radius 3 is 2.65 bits per heavy atom. The lowest BCUT2D eigenvalue weighted by atomic mass is 10.3. The maximum atomic E-state index is 11.5. The zero-order chi connectivity index (χ0) is 14.8. The molecule has 7 heteroatoms. The van der Waals surface area contributed by atoms with Crippen LogP contribution in [0, 0.1) is 6.92 Å². The molecule has 0 unspecified atom stereocenters. The summed E-state index contributed by atoms with van der Waals surface area (Å²) in [6, 6.07) is 7.92. The fourth-order valence-corrected chi connectivity index (χ4v) is 2.51. The van der Waals surface area contributed by atoms with Gasteiger partial charge in [-0.1, -0.05) is 17.7 Å². The molecule has 0 bridgehead atoms. The topological polar surface area (TPSA) is 69.2 Å². The SMILES string of the molecule is Cc1cc(Cl)nc(COc2cccc(S(C)(=O)=O)c2)n1. The molecule has 0 aliphatic rings. The molecule has 2 rings (SSSR count). The molecule has 20 heavy (non-hydrogen) atoms. The molecular weight excluding hydrogens is 300 g/mol. The van der Waals surface area contributed by atoms with Crippen LogP contribution >= 0.6 is 11.6 Å². The van der Waals surface area contributed by atoms with E-state index >= 15 is 0 Å². The summed E-state index contributed by atoms with van der Waals surface area (Å²) in [7, 11) is -3.25. The van der Waals surface area contributed by atoms with Gasteiger partial charge in [-0.2, -0.15) is 0 Å². The highest BCUT2D eigenvalue weighted by atomic mass is 35.5. The van der Waals surface area contributed by atoms with Gasteiger partial charge in [-0.05, 0) is 31.2 Å². The van der Waals surface area contributed by atoms with E-state index < -0.39 is 9.84 Å². The van der Waals surface area contributed by atoms with Crippen molar-refractivity contribution in [2.75, 3.05) is 6.26 Å². The molecule has 0 N–H and O–H groups in total. The van der Waals surface area contributed by atoms with E-state index in [0.717, 1.165) is 11.9 Å². The van der Waals surface area contributed by atoms with Gasteiger partial charge in [0.2, 0.25) is 0 Å². The molecule has 0 atom stereocenters. The van der Waals surface area contributed by atoms with Gasteiger partial charge in [0.15, 0.2) is 15.7 Å². The number of aryl methyl sites for hydroxylation is 1.